The molecule has 3 heterocycles. The maximum absolute atomic E-state index is 11.0. The molecular weight excluding hydrogens is 1230 g/mol. The Kier molecular flexibility index (Phi) is 89.6. The number of rotatable bonds is 16. The second kappa shape index (κ2) is 75.0. The molecule has 3 saturated carbocycles. The fourth-order valence-electron chi connectivity index (χ4n) is 8.05. The zero-order valence-corrected chi connectivity index (χ0v) is 65.6. The largest absolute Gasteiger partial charge is 0.467 e. The summed E-state index contributed by atoms with van der Waals surface area (Å²) in [6, 6.07) is 5.27. The number of aromatic nitrogens is 1. The molecule has 0 spiro atoms. The number of aryl methyl sites for hydroxylation is 2. The van der Waals surface area contributed by atoms with Crippen LogP contribution in [-0.4, -0.2) is 207 Å². The first-order valence-electron chi connectivity index (χ1n) is 35.4. The molecule has 1 aromatic rings. The molecule has 0 bridgehead atoms. The Bertz CT molecular complexity index is 1660. The third-order valence-corrected chi connectivity index (χ3v) is 13.1. The zero-order chi connectivity index (χ0) is 75.1. The van der Waals surface area contributed by atoms with E-state index in [1.807, 2.05) is 69.2 Å². The highest BCUT2D eigenvalue weighted by atomic mass is 16.7. The minimum atomic E-state index is -0.830. The fourth-order valence-corrected chi connectivity index (χ4v) is 8.05. The zero-order valence-electron chi connectivity index (χ0n) is 65.6. The molecule has 96 heavy (non-hydrogen) atoms. The van der Waals surface area contributed by atoms with E-state index < -0.39 is 23.6 Å². The maximum Gasteiger partial charge on any atom is 0.337 e. The van der Waals surface area contributed by atoms with Gasteiger partial charge in [0.25, 0.3) is 0 Å². The second-order valence-corrected chi connectivity index (χ2v) is 26.9. The van der Waals surface area contributed by atoms with Crippen molar-refractivity contribution >= 4 is 12.3 Å². The van der Waals surface area contributed by atoms with Gasteiger partial charge in [0.05, 0.1) is 101 Å². The summed E-state index contributed by atoms with van der Waals surface area (Å²) in [5, 5.41) is 83.9. The highest BCUT2D eigenvalue weighted by molar-refractivity contribution is 5.78. The highest BCUT2D eigenvalue weighted by Crippen LogP contribution is 2.24. The Hall–Kier alpha value is -2.64. The molecule has 0 radical (unpaired) electrons. The predicted octanol–water partition coefficient (Wildman–Crippen LogP) is 15.1. The summed E-state index contributed by atoms with van der Waals surface area (Å²) in [6.07, 6.45) is 19.6. The molecule has 3 aliphatic carbocycles. The number of carbonyl (C=O) groups excluding carboxylic acids is 1. The maximum atomic E-state index is 11.0. The summed E-state index contributed by atoms with van der Waals surface area (Å²) >= 11 is 0. The third kappa shape index (κ3) is 80.3. The van der Waals surface area contributed by atoms with Crippen molar-refractivity contribution in [2.45, 2.75) is 369 Å². The summed E-state index contributed by atoms with van der Waals surface area (Å²) in [5.74, 6) is 0.587. The quantitative estimate of drug-likeness (QED) is 0.0418. The molecule has 6 unspecified atom stereocenters. The predicted molar refractivity (Wildman–Crippen MR) is 404 cm³/mol. The fraction of sp³-hybridized carbons (Fsp3) is 0.895. The monoisotopic (exact) mass is 1390 g/mol. The molecule has 2 aliphatic heterocycles. The van der Waals surface area contributed by atoms with Gasteiger partial charge in [0.15, 0.2) is 11.4 Å². The topological polar surface area (TPSA) is 296 Å². The number of carbonyl (C=O) groups is 1. The van der Waals surface area contributed by atoms with Crippen molar-refractivity contribution < 1.29 is 83.9 Å². The third-order valence-electron chi connectivity index (χ3n) is 13.1. The van der Waals surface area contributed by atoms with Gasteiger partial charge in [-0.1, -0.05) is 116 Å². The number of esters is 1. The van der Waals surface area contributed by atoms with Crippen molar-refractivity contribution in [3.63, 3.8) is 0 Å². The van der Waals surface area contributed by atoms with Crippen molar-refractivity contribution in [1.29, 1.82) is 5.41 Å². The van der Waals surface area contributed by atoms with Crippen molar-refractivity contribution in [1.82, 2.24) is 9.47 Å². The van der Waals surface area contributed by atoms with Crippen molar-refractivity contribution in [3.8, 4) is 0 Å². The van der Waals surface area contributed by atoms with E-state index in [2.05, 4.69) is 118 Å². The minimum Gasteiger partial charge on any atom is -0.467 e. The van der Waals surface area contributed by atoms with E-state index in [1.54, 1.807) is 32.1 Å². The van der Waals surface area contributed by atoms with Crippen LogP contribution in [0, 0.1) is 31.1 Å². The first kappa shape index (κ1) is 115. The number of aliphatic hydroxyl groups excluding tert-OH is 9. The van der Waals surface area contributed by atoms with Crippen LogP contribution in [-0.2, 0) is 38.0 Å². The van der Waals surface area contributed by atoms with Gasteiger partial charge in [0.1, 0.15) is 6.10 Å². The Balaban J connectivity index is -0.000000105. The lowest BCUT2D eigenvalue weighted by atomic mass is 10.1. The summed E-state index contributed by atoms with van der Waals surface area (Å²) < 4.78 is 37.4. The smallest absolute Gasteiger partial charge is 0.337 e. The van der Waals surface area contributed by atoms with Crippen molar-refractivity contribution in [3.05, 3.63) is 36.3 Å². The number of hydrogen-bond donors (Lipinski definition) is 10. The average molecular weight is 1390 g/mol. The molecule has 0 amide bonds. The lowest BCUT2D eigenvalue weighted by Gasteiger charge is -2.24. The molecule has 20 heteroatoms. The van der Waals surface area contributed by atoms with E-state index in [1.165, 1.54) is 63.4 Å². The van der Waals surface area contributed by atoms with Gasteiger partial charge in [0, 0.05) is 43.8 Å². The Labute approximate surface area is 592 Å². The lowest BCUT2D eigenvalue weighted by molar-refractivity contribution is -0.169. The van der Waals surface area contributed by atoms with E-state index in [4.69, 9.17) is 79.8 Å². The van der Waals surface area contributed by atoms with Crippen LogP contribution in [0.2, 0.25) is 0 Å². The molecule has 5 fully saturated rings. The molecule has 2 saturated heterocycles. The molecule has 586 valence electrons. The number of nitrogens with one attached hydrogen (secondary N) is 1. The number of ether oxygens (including phenoxy) is 7. The van der Waals surface area contributed by atoms with Crippen LogP contribution in [0.4, 0.5) is 0 Å². The van der Waals surface area contributed by atoms with Gasteiger partial charge in [0.2, 0.25) is 0 Å². The SMILES string of the molecule is C.C.C=CN(C=N)C(C)C.CC(C)CCO.CC(C)OCCO.CC1(C)OCC(CO)O1.CC1CCC(O)C1.CCC.CCC.CCC.COC(=O)C(C)(C)OC(C)C.COC(C)(C)CO.Cc1ccc(C)n1C(C)C.OC1CCCC1.OC1CCCC1O.OCC1CCCO1. The minimum absolute atomic E-state index is 0. The summed E-state index contributed by atoms with van der Waals surface area (Å²) in [5.41, 5.74) is 1.52. The Morgan fingerprint density at radius 2 is 1.18 bits per heavy atom. The summed E-state index contributed by atoms with van der Waals surface area (Å²) in [6.45, 7) is 56.3. The van der Waals surface area contributed by atoms with E-state index >= 15 is 0 Å². The molecule has 10 N–H and O–H groups in total. The molecule has 5 aliphatic rings. The first-order valence-corrected chi connectivity index (χ1v) is 35.4. The number of aliphatic hydroxyl groups is 9. The van der Waals surface area contributed by atoms with Gasteiger partial charge in [-0.15, -0.1) is 0 Å². The molecule has 0 aromatic carbocycles. The van der Waals surface area contributed by atoms with Crippen molar-refractivity contribution in [2.75, 3.05) is 67.1 Å². The van der Waals surface area contributed by atoms with Crippen LogP contribution in [0.1, 0.15) is 294 Å². The first-order chi connectivity index (χ1) is 43.7. The number of hydrogen-bond acceptors (Lipinski definition) is 18. The van der Waals surface area contributed by atoms with Crippen LogP contribution < -0.4 is 0 Å². The van der Waals surface area contributed by atoms with Gasteiger partial charge in [-0.25, -0.2) is 4.79 Å². The molecule has 6 atom stereocenters. The molecule has 20 nitrogen and oxygen atoms in total. The normalized spacial score (nSPS) is 19.1. The average Bonchev–Trinajstić information content (AvgIpc) is 1.69. The Morgan fingerprint density at radius 1 is 0.708 bits per heavy atom. The van der Waals surface area contributed by atoms with E-state index in [0.29, 0.717) is 37.8 Å². The molecular formula is C76H165N3O17. The van der Waals surface area contributed by atoms with Crippen LogP contribution in [0.3, 0.4) is 0 Å². The van der Waals surface area contributed by atoms with Gasteiger partial charge in [-0.2, -0.15) is 0 Å². The van der Waals surface area contributed by atoms with Gasteiger partial charge in [-0.3, -0.25) is 5.41 Å². The van der Waals surface area contributed by atoms with Gasteiger partial charge < -0.3 is 88.6 Å². The van der Waals surface area contributed by atoms with E-state index in [-0.39, 0.29) is 89.5 Å². The van der Waals surface area contributed by atoms with Crippen molar-refractivity contribution in [2.24, 2.45) is 11.8 Å². The van der Waals surface area contributed by atoms with E-state index in [0.717, 1.165) is 76.7 Å². The standard InChI is InChI=1S/C9H15N.C8H16O3.C6H12N2.C6H12O3.C6H12O.2C5H10O2.2C5H12O2.C5H10O.C5H12O.3C3H8.2CH4/c1-7(2)10-8(3)5-6-9(10)4;1-6(2)11-8(3,4)7(9)10-5;1-4-8(5-7)6(2)3;1-6(2)8-4-5(3-7)9-6;1-5-2-3-6(7)4-5;6-4-5-2-1-3-7-5;6-4-2-1-3-5(4)7;1-5(2,4-6)7-3;1-5(2)7-4-3-6;6-5-3-1-2-4-5;1-5(2)3-4-6;3*1-3-2;;/h5-7H,1-4H3;6H,1-5H3;4-7H,1H2,2-3H3;5,7H,3-4H2,1-2H3;5-7H,2-4H2,1H3;5-6H,1-4H2;4-7H,1-3H2;6H,4H2,1-3H3;5-6H,3-4H2,1-2H3;5-6H,1-4H2;5-6H,3-4H2,1-2H3;3*3H2,1-2H3;2*1H4. The molecule has 6 rings (SSSR count). The highest BCUT2D eigenvalue weighted by Gasteiger charge is 2.32. The summed E-state index contributed by atoms with van der Waals surface area (Å²) in [7, 11) is 2.93. The van der Waals surface area contributed by atoms with Gasteiger partial charge in [-0.05, 0) is 212 Å². The summed E-state index contributed by atoms with van der Waals surface area (Å²) in [4.78, 5) is 12.7. The van der Waals surface area contributed by atoms with Crippen LogP contribution in [0.15, 0.2) is 24.9 Å². The second-order valence-electron chi connectivity index (χ2n) is 26.9. The van der Waals surface area contributed by atoms with Crippen LogP contribution in [0.25, 0.3) is 0 Å². The van der Waals surface area contributed by atoms with Gasteiger partial charge >= 0.3 is 5.97 Å². The Morgan fingerprint density at radius 3 is 1.31 bits per heavy atom. The number of nitrogens with zero attached hydrogens (tertiary/aromatic N) is 2. The van der Waals surface area contributed by atoms with Crippen LogP contribution >= 0.6 is 0 Å². The van der Waals surface area contributed by atoms with Crippen LogP contribution in [0.5, 0.6) is 0 Å². The van der Waals surface area contributed by atoms with E-state index in [9.17, 15) is 4.79 Å². The number of methoxy groups -OCH3 is 2. The lowest BCUT2D eigenvalue weighted by Crippen LogP contribution is -2.38. The molecule has 1 aromatic heterocycles.